The van der Waals surface area contributed by atoms with Gasteiger partial charge >= 0.3 is 6.18 Å². The number of ketones is 1. The summed E-state index contributed by atoms with van der Waals surface area (Å²) >= 11 is 0. The van der Waals surface area contributed by atoms with Crippen LogP contribution in [0.4, 0.5) is 13.2 Å². The van der Waals surface area contributed by atoms with Gasteiger partial charge in [-0.15, -0.1) is 0 Å². The van der Waals surface area contributed by atoms with Crippen LogP contribution in [-0.4, -0.2) is 39.8 Å². The van der Waals surface area contributed by atoms with Gasteiger partial charge in [-0.05, 0) is 45.0 Å². The molecular formula is C22H23F3N4O2. The van der Waals surface area contributed by atoms with E-state index in [1.54, 1.807) is 12.3 Å². The molecule has 0 radical (unpaired) electrons. The number of nitrogens with one attached hydrogen (secondary N) is 1. The molecule has 31 heavy (non-hydrogen) atoms. The molecule has 1 N–H and O–H groups in total. The van der Waals surface area contributed by atoms with E-state index in [-0.39, 0.29) is 12.1 Å². The van der Waals surface area contributed by atoms with E-state index in [1.165, 1.54) is 12.1 Å². The number of alkyl halides is 3. The minimum Gasteiger partial charge on any atom is -0.493 e. The standard InChI is InChI=1S/C22H23F3N4O2/c1-2-31-19-11-21-28-17(14-6-8-26-9-7-14)13-29(21)12-15(19)10-18(30)16-4-3-5-20(27-16)22(23,24)25/h3-5,11-14,26H,2,6-10H2,1H3. The number of pyridine rings is 2. The van der Waals surface area contributed by atoms with Crippen molar-refractivity contribution < 1.29 is 22.7 Å². The molecule has 0 spiro atoms. The van der Waals surface area contributed by atoms with Gasteiger partial charge in [-0.1, -0.05) is 6.07 Å². The van der Waals surface area contributed by atoms with Gasteiger partial charge in [0.1, 0.15) is 22.8 Å². The summed E-state index contributed by atoms with van der Waals surface area (Å²) in [4.78, 5) is 21.0. The molecule has 0 aliphatic carbocycles. The average molecular weight is 432 g/mol. The van der Waals surface area contributed by atoms with Crippen LogP contribution in [0, 0.1) is 0 Å². The van der Waals surface area contributed by atoms with Crippen molar-refractivity contribution in [2.45, 2.75) is 38.3 Å². The highest BCUT2D eigenvalue weighted by Gasteiger charge is 2.33. The number of nitrogens with zero attached hydrogens (tertiary/aromatic N) is 3. The number of Topliss-reactive ketones (excluding diaryl/α,β-unsaturated/α-hetero) is 1. The van der Waals surface area contributed by atoms with Crippen LogP contribution >= 0.6 is 0 Å². The Balaban J connectivity index is 1.64. The van der Waals surface area contributed by atoms with Gasteiger partial charge in [0.2, 0.25) is 0 Å². The number of aromatic nitrogens is 3. The molecule has 0 bridgehead atoms. The first kappa shape index (κ1) is 21.3. The smallest absolute Gasteiger partial charge is 0.433 e. The van der Waals surface area contributed by atoms with Crippen molar-refractivity contribution in [3.63, 3.8) is 0 Å². The molecule has 3 aromatic heterocycles. The number of ether oxygens (including phenoxy) is 1. The van der Waals surface area contributed by atoms with Crippen molar-refractivity contribution in [3.8, 4) is 5.75 Å². The maximum atomic E-state index is 12.9. The normalized spacial score (nSPS) is 15.4. The van der Waals surface area contributed by atoms with Crippen molar-refractivity contribution in [1.29, 1.82) is 0 Å². The fourth-order valence-electron chi connectivity index (χ4n) is 3.83. The molecule has 1 aliphatic rings. The highest BCUT2D eigenvalue weighted by Crippen LogP contribution is 2.29. The minimum absolute atomic E-state index is 0.125. The van der Waals surface area contributed by atoms with E-state index in [0.717, 1.165) is 37.7 Å². The van der Waals surface area contributed by atoms with Gasteiger partial charge in [-0.25, -0.2) is 9.97 Å². The summed E-state index contributed by atoms with van der Waals surface area (Å²) in [7, 11) is 0. The Morgan fingerprint density at radius 1 is 1.23 bits per heavy atom. The molecule has 0 amide bonds. The summed E-state index contributed by atoms with van der Waals surface area (Å²) in [6.07, 6.45) is 1.01. The summed E-state index contributed by atoms with van der Waals surface area (Å²) in [5, 5.41) is 3.34. The molecule has 4 heterocycles. The molecule has 9 heteroatoms. The van der Waals surface area contributed by atoms with Gasteiger partial charge in [0.15, 0.2) is 5.78 Å². The molecular weight excluding hydrogens is 409 g/mol. The van der Waals surface area contributed by atoms with E-state index in [2.05, 4.69) is 10.3 Å². The lowest BCUT2D eigenvalue weighted by atomic mass is 9.95. The van der Waals surface area contributed by atoms with Crippen LogP contribution in [0.25, 0.3) is 5.65 Å². The van der Waals surface area contributed by atoms with E-state index >= 15 is 0 Å². The third-order valence-electron chi connectivity index (χ3n) is 5.38. The molecule has 1 fully saturated rings. The molecule has 0 atom stereocenters. The zero-order chi connectivity index (χ0) is 22.0. The molecule has 0 unspecified atom stereocenters. The van der Waals surface area contributed by atoms with Crippen molar-refractivity contribution in [3.05, 3.63) is 59.3 Å². The minimum atomic E-state index is -4.60. The number of fused-ring (bicyclic) bond motifs is 1. The second-order valence-corrected chi connectivity index (χ2v) is 7.56. The van der Waals surface area contributed by atoms with Crippen LogP contribution in [0.15, 0.2) is 36.7 Å². The third kappa shape index (κ3) is 4.71. The number of piperidine rings is 1. The first-order valence-corrected chi connectivity index (χ1v) is 10.3. The lowest BCUT2D eigenvalue weighted by Gasteiger charge is -2.20. The Kier molecular flexibility index (Phi) is 5.95. The van der Waals surface area contributed by atoms with Crippen molar-refractivity contribution in [2.24, 2.45) is 0 Å². The van der Waals surface area contributed by atoms with Gasteiger partial charge in [0, 0.05) is 36.4 Å². The molecule has 1 aliphatic heterocycles. The largest absolute Gasteiger partial charge is 0.493 e. The predicted molar refractivity (Wildman–Crippen MR) is 108 cm³/mol. The van der Waals surface area contributed by atoms with Crippen LogP contribution < -0.4 is 10.1 Å². The number of hydrogen-bond donors (Lipinski definition) is 1. The maximum Gasteiger partial charge on any atom is 0.433 e. The number of imidazole rings is 1. The Bertz CT molecular complexity index is 1090. The molecule has 0 aromatic carbocycles. The number of halogens is 3. The number of hydrogen-bond acceptors (Lipinski definition) is 5. The van der Waals surface area contributed by atoms with Crippen molar-refractivity contribution in [2.75, 3.05) is 19.7 Å². The molecule has 1 saturated heterocycles. The first-order chi connectivity index (χ1) is 14.8. The summed E-state index contributed by atoms with van der Waals surface area (Å²) < 4.78 is 46.4. The maximum absolute atomic E-state index is 12.9. The van der Waals surface area contributed by atoms with E-state index in [1.807, 2.05) is 17.5 Å². The predicted octanol–water partition coefficient (Wildman–Crippen LogP) is 4.04. The Hall–Kier alpha value is -2.94. The summed E-state index contributed by atoms with van der Waals surface area (Å²) in [5.41, 5.74) is 0.976. The topological polar surface area (TPSA) is 68.5 Å². The van der Waals surface area contributed by atoms with Gasteiger partial charge in [0.25, 0.3) is 0 Å². The van der Waals surface area contributed by atoms with Crippen molar-refractivity contribution >= 4 is 11.4 Å². The van der Waals surface area contributed by atoms with Gasteiger partial charge in [-0.3, -0.25) is 4.79 Å². The fraction of sp³-hybridized carbons (Fsp3) is 0.409. The van der Waals surface area contributed by atoms with Gasteiger partial charge < -0.3 is 14.5 Å². The Morgan fingerprint density at radius 3 is 2.71 bits per heavy atom. The molecule has 4 rings (SSSR count). The van der Waals surface area contributed by atoms with Gasteiger partial charge in [-0.2, -0.15) is 13.2 Å². The molecule has 0 saturated carbocycles. The van der Waals surface area contributed by atoms with Crippen LogP contribution in [0.5, 0.6) is 5.75 Å². The van der Waals surface area contributed by atoms with Crippen LogP contribution in [0.2, 0.25) is 0 Å². The highest BCUT2D eigenvalue weighted by atomic mass is 19.4. The fourth-order valence-corrected chi connectivity index (χ4v) is 3.83. The first-order valence-electron chi connectivity index (χ1n) is 10.3. The average Bonchev–Trinajstić information content (AvgIpc) is 3.17. The number of carbonyl (C=O) groups is 1. The van der Waals surface area contributed by atoms with Crippen molar-refractivity contribution in [1.82, 2.24) is 19.7 Å². The quantitative estimate of drug-likeness (QED) is 0.596. The zero-order valence-corrected chi connectivity index (χ0v) is 17.1. The van der Waals surface area contributed by atoms with Crippen LogP contribution in [0.3, 0.4) is 0 Å². The lowest BCUT2D eigenvalue weighted by Crippen LogP contribution is -2.26. The Morgan fingerprint density at radius 2 is 2.00 bits per heavy atom. The lowest BCUT2D eigenvalue weighted by molar-refractivity contribution is -0.141. The van der Waals surface area contributed by atoms with E-state index in [4.69, 9.17) is 9.72 Å². The Labute approximate surface area is 177 Å². The van der Waals surface area contributed by atoms with Crippen LogP contribution in [-0.2, 0) is 12.6 Å². The molecule has 164 valence electrons. The highest BCUT2D eigenvalue weighted by molar-refractivity contribution is 5.96. The summed E-state index contributed by atoms with van der Waals surface area (Å²) in [6.45, 7) is 4.12. The summed E-state index contributed by atoms with van der Waals surface area (Å²) in [6, 6.07) is 5.11. The monoisotopic (exact) mass is 432 g/mol. The van der Waals surface area contributed by atoms with Gasteiger partial charge in [0.05, 0.1) is 12.3 Å². The van der Waals surface area contributed by atoms with E-state index in [9.17, 15) is 18.0 Å². The zero-order valence-electron chi connectivity index (χ0n) is 17.1. The SMILES string of the molecule is CCOc1cc2nc(C3CCNCC3)cn2cc1CC(=O)c1cccc(C(F)(F)F)n1. The number of rotatable bonds is 6. The van der Waals surface area contributed by atoms with E-state index < -0.39 is 17.7 Å². The molecule has 3 aromatic rings. The third-order valence-corrected chi connectivity index (χ3v) is 5.38. The second-order valence-electron chi connectivity index (χ2n) is 7.56. The van der Waals surface area contributed by atoms with Crippen LogP contribution in [0.1, 0.15) is 53.1 Å². The number of carbonyl (C=O) groups excluding carboxylic acids is 1. The summed E-state index contributed by atoms with van der Waals surface area (Å²) in [5.74, 6) is 0.360. The van der Waals surface area contributed by atoms with E-state index in [0.29, 0.717) is 29.5 Å². The molecule has 6 nitrogen and oxygen atoms in total. The second kappa shape index (κ2) is 8.66.